The summed E-state index contributed by atoms with van der Waals surface area (Å²) >= 11 is 5.92. The Morgan fingerprint density at radius 1 is 1.15 bits per heavy atom. The summed E-state index contributed by atoms with van der Waals surface area (Å²) in [5, 5.41) is 3.38. The van der Waals surface area contributed by atoms with Crippen LogP contribution < -0.4 is 19.7 Å². The molecule has 0 aliphatic carbocycles. The average Bonchev–Trinajstić information content (AvgIpc) is 2.77. The zero-order chi connectivity index (χ0) is 24.4. The molecule has 1 aliphatic rings. The highest BCUT2D eigenvalue weighted by molar-refractivity contribution is 7.88. The first-order chi connectivity index (χ1) is 15.5. The molecule has 2 aromatic carbocycles. The van der Waals surface area contributed by atoms with Crippen LogP contribution in [0.5, 0.6) is 11.5 Å². The van der Waals surface area contributed by atoms with E-state index in [9.17, 15) is 18.0 Å². The Labute approximate surface area is 198 Å². The number of nitrogens with one attached hydrogen (secondary N) is 1. The lowest BCUT2D eigenvalue weighted by molar-refractivity contribution is -0.133. The number of piperazine rings is 1. The summed E-state index contributed by atoms with van der Waals surface area (Å²) in [5.74, 6) is -0.254. The van der Waals surface area contributed by atoms with Crippen molar-refractivity contribution in [3.05, 3.63) is 53.1 Å². The molecule has 3 rings (SSSR count). The third-order valence-electron chi connectivity index (χ3n) is 5.49. The van der Waals surface area contributed by atoms with E-state index in [1.807, 2.05) is 0 Å². The number of hydrogen-bond acceptors (Lipinski definition) is 6. The Hall–Kier alpha value is -2.82. The van der Waals surface area contributed by atoms with Crippen LogP contribution in [0.3, 0.4) is 0 Å². The molecule has 11 heteroatoms. The lowest BCUT2D eigenvalue weighted by Crippen LogP contribution is -2.70. The number of carbonyl (C=O) groups excluding carboxylic acids is 2. The van der Waals surface area contributed by atoms with Crippen molar-refractivity contribution in [3.8, 4) is 11.5 Å². The average molecular weight is 496 g/mol. The van der Waals surface area contributed by atoms with Crippen molar-refractivity contribution in [1.82, 2.24) is 9.62 Å². The van der Waals surface area contributed by atoms with Gasteiger partial charge in [0.25, 0.3) is 0 Å². The summed E-state index contributed by atoms with van der Waals surface area (Å²) in [6.45, 7) is 1.09. The van der Waals surface area contributed by atoms with E-state index < -0.39 is 33.9 Å². The molecule has 1 heterocycles. The van der Waals surface area contributed by atoms with Gasteiger partial charge in [0.2, 0.25) is 21.8 Å². The van der Waals surface area contributed by atoms with E-state index in [0.29, 0.717) is 22.2 Å². The van der Waals surface area contributed by atoms with Crippen LogP contribution in [0.15, 0.2) is 42.5 Å². The molecule has 1 unspecified atom stereocenters. The Morgan fingerprint density at radius 2 is 1.82 bits per heavy atom. The normalized spacial score (nSPS) is 19.3. The number of carbonyl (C=O) groups is 2. The molecule has 0 bridgehead atoms. The monoisotopic (exact) mass is 495 g/mol. The van der Waals surface area contributed by atoms with Gasteiger partial charge >= 0.3 is 0 Å². The Bertz CT molecular complexity index is 1160. The fourth-order valence-corrected chi connectivity index (χ4v) is 4.68. The van der Waals surface area contributed by atoms with Crippen LogP contribution in [-0.2, 0) is 26.2 Å². The minimum atomic E-state index is -3.73. The maximum atomic E-state index is 13.5. The van der Waals surface area contributed by atoms with E-state index >= 15 is 0 Å². The first-order valence-corrected chi connectivity index (χ1v) is 12.2. The number of nitrogens with zero attached hydrogens (tertiary/aromatic N) is 2. The molecule has 178 valence electrons. The smallest absolute Gasteiger partial charge is 0.247 e. The molecule has 1 aliphatic heterocycles. The van der Waals surface area contributed by atoms with Gasteiger partial charge in [0.1, 0.15) is 17.0 Å². The lowest BCUT2D eigenvalue weighted by Gasteiger charge is -2.46. The number of methoxy groups -OCH3 is 2. The van der Waals surface area contributed by atoms with Crippen LogP contribution in [0.4, 0.5) is 5.69 Å². The predicted molar refractivity (Wildman–Crippen MR) is 125 cm³/mol. The van der Waals surface area contributed by atoms with Gasteiger partial charge in [-0.25, -0.2) is 8.42 Å². The van der Waals surface area contributed by atoms with Gasteiger partial charge in [-0.3, -0.25) is 14.5 Å². The van der Waals surface area contributed by atoms with Gasteiger partial charge in [-0.05, 0) is 36.8 Å². The van der Waals surface area contributed by atoms with Crippen LogP contribution >= 0.6 is 11.6 Å². The third kappa shape index (κ3) is 5.23. The molecule has 33 heavy (non-hydrogen) atoms. The number of halogens is 1. The molecule has 1 atom stereocenters. The number of rotatable bonds is 7. The minimum absolute atomic E-state index is 0.173. The van der Waals surface area contributed by atoms with Gasteiger partial charge in [0.05, 0.1) is 32.7 Å². The molecular weight excluding hydrogens is 470 g/mol. The molecular formula is C22H26ClN3O6S. The summed E-state index contributed by atoms with van der Waals surface area (Å²) in [6.07, 6.45) is 1.01. The summed E-state index contributed by atoms with van der Waals surface area (Å²) in [6, 6.07) is 11.8. The Kier molecular flexibility index (Phi) is 7.20. The zero-order valence-corrected chi connectivity index (χ0v) is 20.4. The van der Waals surface area contributed by atoms with Crippen molar-refractivity contribution < 1.29 is 27.5 Å². The first kappa shape index (κ1) is 24.8. The van der Waals surface area contributed by atoms with Crippen LogP contribution in [0.1, 0.15) is 12.5 Å². The predicted octanol–water partition coefficient (Wildman–Crippen LogP) is 2.04. The highest BCUT2D eigenvalue weighted by Gasteiger charge is 2.51. The number of anilines is 1. The van der Waals surface area contributed by atoms with Crippen LogP contribution in [0, 0.1) is 0 Å². The molecule has 1 N–H and O–H groups in total. The second-order valence-corrected chi connectivity index (χ2v) is 10.3. The summed E-state index contributed by atoms with van der Waals surface area (Å²) in [7, 11) is -0.791. The van der Waals surface area contributed by atoms with Crippen LogP contribution in [0.25, 0.3) is 0 Å². The molecule has 0 radical (unpaired) electrons. The SMILES string of the molecule is COc1ccc(N2C(=O)CN(S(C)(=O)=O)CC2(C)C(=O)NCc2ccc(Cl)cc2)c(OC)c1. The number of hydrogen-bond donors (Lipinski definition) is 1. The molecule has 0 spiro atoms. The highest BCUT2D eigenvalue weighted by atomic mass is 35.5. The second-order valence-electron chi connectivity index (χ2n) is 7.88. The number of ether oxygens (including phenoxy) is 2. The summed E-state index contributed by atoms with van der Waals surface area (Å²) < 4.78 is 36.2. The Balaban J connectivity index is 2.01. The summed E-state index contributed by atoms with van der Waals surface area (Å²) in [5.41, 5.74) is -0.417. The van der Waals surface area contributed by atoms with Crippen molar-refractivity contribution in [2.75, 3.05) is 38.5 Å². The van der Waals surface area contributed by atoms with Crippen molar-refractivity contribution >= 4 is 39.1 Å². The summed E-state index contributed by atoms with van der Waals surface area (Å²) in [4.78, 5) is 28.0. The first-order valence-electron chi connectivity index (χ1n) is 10.0. The van der Waals surface area contributed by atoms with Crippen molar-refractivity contribution in [3.63, 3.8) is 0 Å². The highest BCUT2D eigenvalue weighted by Crippen LogP contribution is 2.38. The topological polar surface area (TPSA) is 105 Å². The fraction of sp³-hybridized carbons (Fsp3) is 0.364. The van der Waals surface area contributed by atoms with E-state index in [2.05, 4.69) is 5.32 Å². The van der Waals surface area contributed by atoms with Crippen LogP contribution in [0.2, 0.25) is 5.02 Å². The maximum absolute atomic E-state index is 13.5. The molecule has 0 saturated carbocycles. The quantitative estimate of drug-likeness (QED) is 0.630. The van der Waals surface area contributed by atoms with Gasteiger partial charge < -0.3 is 14.8 Å². The van der Waals surface area contributed by atoms with Gasteiger partial charge in [-0.1, -0.05) is 23.7 Å². The number of sulfonamides is 1. The van der Waals surface area contributed by atoms with Crippen molar-refractivity contribution in [1.29, 1.82) is 0 Å². The molecule has 2 amide bonds. The molecule has 1 fully saturated rings. The van der Waals surface area contributed by atoms with Crippen molar-refractivity contribution in [2.24, 2.45) is 0 Å². The standard InChI is InChI=1S/C22H26ClN3O6S/c1-22(21(28)24-12-15-5-7-16(23)8-6-15)14-25(33(4,29)30)13-20(27)26(22)18-10-9-17(31-2)11-19(18)32-3/h5-11H,12-14H2,1-4H3,(H,24,28). The number of benzene rings is 2. The molecule has 0 aromatic heterocycles. The largest absolute Gasteiger partial charge is 0.497 e. The van der Waals surface area contributed by atoms with E-state index in [1.165, 1.54) is 26.0 Å². The second kappa shape index (κ2) is 9.58. The van der Waals surface area contributed by atoms with Gasteiger partial charge in [0, 0.05) is 24.2 Å². The van der Waals surface area contributed by atoms with Gasteiger partial charge in [-0.2, -0.15) is 4.31 Å². The number of amides is 2. The maximum Gasteiger partial charge on any atom is 0.247 e. The molecule has 2 aromatic rings. The molecule has 9 nitrogen and oxygen atoms in total. The lowest BCUT2D eigenvalue weighted by atomic mass is 9.94. The van der Waals surface area contributed by atoms with Crippen molar-refractivity contribution in [2.45, 2.75) is 19.0 Å². The van der Waals surface area contributed by atoms with E-state index in [-0.39, 0.29) is 13.1 Å². The van der Waals surface area contributed by atoms with E-state index in [4.69, 9.17) is 21.1 Å². The van der Waals surface area contributed by atoms with Gasteiger partial charge in [-0.15, -0.1) is 0 Å². The van der Waals surface area contributed by atoms with E-state index in [0.717, 1.165) is 16.1 Å². The van der Waals surface area contributed by atoms with E-state index in [1.54, 1.807) is 42.5 Å². The van der Waals surface area contributed by atoms with Gasteiger partial charge in [0.15, 0.2) is 0 Å². The zero-order valence-electron chi connectivity index (χ0n) is 18.8. The third-order valence-corrected chi connectivity index (χ3v) is 6.94. The fourth-order valence-electron chi connectivity index (χ4n) is 3.72. The van der Waals surface area contributed by atoms with Crippen LogP contribution in [-0.4, -0.2) is 63.6 Å². The minimum Gasteiger partial charge on any atom is -0.497 e. The molecule has 1 saturated heterocycles. The Morgan fingerprint density at radius 3 is 2.39 bits per heavy atom.